The van der Waals surface area contributed by atoms with Gasteiger partial charge in [-0.25, -0.2) is 9.37 Å². The van der Waals surface area contributed by atoms with E-state index in [4.69, 9.17) is 5.73 Å². The van der Waals surface area contributed by atoms with Crippen LogP contribution in [0, 0.1) is 5.82 Å². The topological polar surface area (TPSA) is 43.8 Å². The van der Waals surface area contributed by atoms with Gasteiger partial charge in [-0.05, 0) is 42.8 Å². The molecule has 1 aromatic heterocycles. The predicted molar refractivity (Wildman–Crippen MR) is 84.4 cm³/mol. The van der Waals surface area contributed by atoms with Gasteiger partial charge in [0.25, 0.3) is 0 Å². The van der Waals surface area contributed by atoms with Gasteiger partial charge in [-0.1, -0.05) is 13.3 Å². The smallest absolute Gasteiger partial charge is 0.141 e. The lowest BCUT2D eigenvalue weighted by Gasteiger charge is -2.08. The number of halogens is 1. The van der Waals surface area contributed by atoms with Gasteiger partial charge >= 0.3 is 0 Å². The average Bonchev–Trinajstić information content (AvgIpc) is 2.83. The Hall–Kier alpha value is -2.36. The Balaban J connectivity index is 2.17. The lowest BCUT2D eigenvalue weighted by atomic mass is 10.2. The molecule has 0 aliphatic rings. The third-order valence-corrected chi connectivity index (χ3v) is 3.61. The molecule has 1 heterocycles. The SMILES string of the molecule is CCCCn1c(-c2ccc(N)cc2)nc2cc(F)ccc21. The first-order chi connectivity index (χ1) is 10.2. The van der Waals surface area contributed by atoms with Crippen LogP contribution >= 0.6 is 0 Å². The average molecular weight is 283 g/mol. The molecule has 0 saturated heterocycles. The molecule has 21 heavy (non-hydrogen) atoms. The van der Waals surface area contributed by atoms with E-state index >= 15 is 0 Å². The van der Waals surface area contributed by atoms with Gasteiger partial charge in [0, 0.05) is 23.9 Å². The zero-order chi connectivity index (χ0) is 14.8. The van der Waals surface area contributed by atoms with Gasteiger partial charge in [0.1, 0.15) is 11.6 Å². The van der Waals surface area contributed by atoms with Crippen LogP contribution in [0.1, 0.15) is 19.8 Å². The van der Waals surface area contributed by atoms with Crippen molar-refractivity contribution >= 4 is 16.7 Å². The quantitative estimate of drug-likeness (QED) is 0.728. The minimum absolute atomic E-state index is 0.258. The van der Waals surface area contributed by atoms with Gasteiger partial charge in [0.05, 0.1) is 11.0 Å². The van der Waals surface area contributed by atoms with E-state index in [1.165, 1.54) is 12.1 Å². The summed E-state index contributed by atoms with van der Waals surface area (Å²) in [5, 5.41) is 0. The number of aromatic nitrogens is 2. The lowest BCUT2D eigenvalue weighted by molar-refractivity contribution is 0.628. The van der Waals surface area contributed by atoms with E-state index < -0.39 is 0 Å². The van der Waals surface area contributed by atoms with E-state index in [1.807, 2.05) is 24.3 Å². The van der Waals surface area contributed by atoms with Crippen molar-refractivity contribution in [3.05, 3.63) is 48.3 Å². The second kappa shape index (κ2) is 5.56. The second-order valence-corrected chi connectivity index (χ2v) is 5.20. The zero-order valence-corrected chi connectivity index (χ0v) is 12.0. The monoisotopic (exact) mass is 283 g/mol. The van der Waals surface area contributed by atoms with E-state index in [-0.39, 0.29) is 5.82 Å². The van der Waals surface area contributed by atoms with Gasteiger partial charge < -0.3 is 10.3 Å². The molecule has 3 rings (SSSR count). The number of nitrogens with zero attached hydrogens (tertiary/aromatic N) is 2. The summed E-state index contributed by atoms with van der Waals surface area (Å²) in [6.45, 7) is 3.03. The number of rotatable bonds is 4. The summed E-state index contributed by atoms with van der Waals surface area (Å²) in [4.78, 5) is 4.61. The fraction of sp³-hybridized carbons (Fsp3) is 0.235. The fourth-order valence-corrected chi connectivity index (χ4v) is 2.50. The Morgan fingerprint density at radius 1 is 1.14 bits per heavy atom. The van der Waals surface area contributed by atoms with Crippen molar-refractivity contribution in [2.24, 2.45) is 0 Å². The largest absolute Gasteiger partial charge is 0.399 e. The highest BCUT2D eigenvalue weighted by Gasteiger charge is 2.12. The normalized spacial score (nSPS) is 11.1. The number of aryl methyl sites for hydroxylation is 1. The number of nitrogen functional groups attached to an aromatic ring is 1. The number of anilines is 1. The first-order valence-electron chi connectivity index (χ1n) is 7.20. The molecule has 0 saturated carbocycles. The molecule has 2 N–H and O–H groups in total. The van der Waals surface area contributed by atoms with Crippen molar-refractivity contribution in [1.29, 1.82) is 0 Å². The van der Waals surface area contributed by atoms with E-state index in [0.717, 1.165) is 42.0 Å². The summed E-state index contributed by atoms with van der Waals surface area (Å²) in [6.07, 6.45) is 2.16. The summed E-state index contributed by atoms with van der Waals surface area (Å²) in [6, 6.07) is 12.4. The summed E-state index contributed by atoms with van der Waals surface area (Å²) >= 11 is 0. The van der Waals surface area contributed by atoms with Crippen molar-refractivity contribution in [3.8, 4) is 11.4 Å². The number of unbranched alkanes of at least 4 members (excludes halogenated alkanes) is 1. The molecule has 108 valence electrons. The Labute approximate surface area is 123 Å². The van der Waals surface area contributed by atoms with Crippen molar-refractivity contribution in [2.45, 2.75) is 26.3 Å². The Bertz CT molecular complexity index is 760. The maximum atomic E-state index is 13.4. The Morgan fingerprint density at radius 3 is 2.62 bits per heavy atom. The first-order valence-corrected chi connectivity index (χ1v) is 7.20. The number of fused-ring (bicyclic) bond motifs is 1. The van der Waals surface area contributed by atoms with Crippen molar-refractivity contribution in [2.75, 3.05) is 5.73 Å². The number of hydrogen-bond acceptors (Lipinski definition) is 2. The van der Waals surface area contributed by atoms with E-state index in [1.54, 1.807) is 6.07 Å². The molecule has 0 spiro atoms. The molecule has 3 nitrogen and oxygen atoms in total. The molecule has 0 aliphatic carbocycles. The molecule has 0 amide bonds. The highest BCUT2D eigenvalue weighted by Crippen LogP contribution is 2.26. The van der Waals surface area contributed by atoms with Gasteiger partial charge in [0.15, 0.2) is 0 Å². The Morgan fingerprint density at radius 2 is 1.90 bits per heavy atom. The molecular weight excluding hydrogens is 265 g/mol. The van der Waals surface area contributed by atoms with Crippen LogP contribution in [0.2, 0.25) is 0 Å². The van der Waals surface area contributed by atoms with Gasteiger partial charge in [-0.2, -0.15) is 0 Å². The summed E-state index contributed by atoms with van der Waals surface area (Å²) in [5.74, 6) is 0.607. The zero-order valence-electron chi connectivity index (χ0n) is 12.0. The molecule has 0 radical (unpaired) electrons. The Kier molecular flexibility index (Phi) is 3.60. The molecule has 0 aliphatic heterocycles. The molecule has 2 aromatic carbocycles. The number of imidazole rings is 1. The van der Waals surface area contributed by atoms with Gasteiger partial charge in [-0.3, -0.25) is 0 Å². The predicted octanol–water partition coefficient (Wildman–Crippen LogP) is 4.22. The molecule has 0 bridgehead atoms. The van der Waals surface area contributed by atoms with Crippen LogP contribution in [0.3, 0.4) is 0 Å². The van der Waals surface area contributed by atoms with E-state index in [0.29, 0.717) is 5.52 Å². The molecule has 0 unspecified atom stereocenters. The molecular formula is C17H18FN3. The minimum Gasteiger partial charge on any atom is -0.399 e. The van der Waals surface area contributed by atoms with Crippen LogP contribution in [0.15, 0.2) is 42.5 Å². The first kappa shape index (κ1) is 13.6. The third kappa shape index (κ3) is 2.61. The van der Waals surface area contributed by atoms with Gasteiger partial charge in [-0.15, -0.1) is 0 Å². The summed E-state index contributed by atoms with van der Waals surface area (Å²) in [7, 11) is 0. The van der Waals surface area contributed by atoms with Crippen LogP contribution in [0.5, 0.6) is 0 Å². The number of nitrogens with two attached hydrogens (primary N) is 1. The highest BCUT2D eigenvalue weighted by molar-refractivity contribution is 5.81. The van der Waals surface area contributed by atoms with E-state index in [9.17, 15) is 4.39 Å². The lowest BCUT2D eigenvalue weighted by Crippen LogP contribution is -2.00. The van der Waals surface area contributed by atoms with Crippen LogP contribution in [-0.4, -0.2) is 9.55 Å². The van der Waals surface area contributed by atoms with Crippen LogP contribution in [0.25, 0.3) is 22.4 Å². The minimum atomic E-state index is -0.258. The van der Waals surface area contributed by atoms with E-state index in [2.05, 4.69) is 16.5 Å². The van der Waals surface area contributed by atoms with Crippen molar-refractivity contribution in [1.82, 2.24) is 9.55 Å². The van der Waals surface area contributed by atoms with Crippen molar-refractivity contribution < 1.29 is 4.39 Å². The van der Waals surface area contributed by atoms with Gasteiger partial charge in [0.2, 0.25) is 0 Å². The maximum absolute atomic E-state index is 13.4. The molecule has 0 fully saturated rings. The maximum Gasteiger partial charge on any atom is 0.141 e. The number of benzene rings is 2. The summed E-state index contributed by atoms with van der Waals surface area (Å²) < 4.78 is 15.6. The standard InChI is InChI=1S/C17H18FN3/c1-2-3-10-21-16-9-6-13(18)11-15(16)20-17(21)12-4-7-14(19)8-5-12/h4-9,11H,2-3,10,19H2,1H3. The molecule has 0 atom stereocenters. The summed E-state index contributed by atoms with van der Waals surface area (Å²) in [5.41, 5.74) is 9.12. The second-order valence-electron chi connectivity index (χ2n) is 5.20. The third-order valence-electron chi connectivity index (χ3n) is 3.61. The van der Waals surface area contributed by atoms with Crippen LogP contribution in [0.4, 0.5) is 10.1 Å². The molecule has 3 aromatic rings. The van der Waals surface area contributed by atoms with Crippen molar-refractivity contribution in [3.63, 3.8) is 0 Å². The van der Waals surface area contributed by atoms with Crippen LogP contribution in [-0.2, 0) is 6.54 Å². The highest BCUT2D eigenvalue weighted by atomic mass is 19.1. The molecule has 4 heteroatoms. The fourth-order valence-electron chi connectivity index (χ4n) is 2.50. The number of hydrogen-bond donors (Lipinski definition) is 1. The van der Waals surface area contributed by atoms with Crippen LogP contribution < -0.4 is 5.73 Å².